The van der Waals surface area contributed by atoms with Gasteiger partial charge in [-0.3, -0.25) is 0 Å². The van der Waals surface area contributed by atoms with Crippen molar-refractivity contribution in [2.75, 3.05) is 0 Å². The van der Waals surface area contributed by atoms with Gasteiger partial charge in [0.05, 0.1) is 0 Å². The third kappa shape index (κ3) is 3.11. The van der Waals surface area contributed by atoms with Crippen LogP contribution in [0.2, 0.25) is 0 Å². The van der Waals surface area contributed by atoms with Gasteiger partial charge in [-0.25, -0.2) is 9.37 Å². The summed E-state index contributed by atoms with van der Waals surface area (Å²) in [6, 6.07) is 9.64. The highest BCUT2D eigenvalue weighted by molar-refractivity contribution is 5.33. The number of nitriles is 1. The molecule has 0 radical (unpaired) electrons. The molecule has 5 heteroatoms. The summed E-state index contributed by atoms with van der Waals surface area (Å²) in [6.07, 6.45) is 1.54. The Kier molecular flexibility index (Phi) is 4.28. The molecule has 102 valence electrons. The van der Waals surface area contributed by atoms with E-state index in [1.54, 1.807) is 37.4 Å². The standard InChI is InChI=1S/C15H14FN3O/c1-10(18)13-5-4-12(7-14(13)16)20-9-11-3-2-6-19-15(11)8-17/h2-7,10H,9,18H2,1H3. The van der Waals surface area contributed by atoms with Gasteiger partial charge in [-0.2, -0.15) is 5.26 Å². The quantitative estimate of drug-likeness (QED) is 0.928. The largest absolute Gasteiger partial charge is 0.489 e. The second-order valence-electron chi connectivity index (χ2n) is 4.38. The van der Waals surface area contributed by atoms with Crippen molar-refractivity contribution in [3.8, 4) is 11.8 Å². The summed E-state index contributed by atoms with van der Waals surface area (Å²) in [5.74, 6) is -0.0103. The number of aromatic nitrogens is 1. The molecule has 0 fully saturated rings. The van der Waals surface area contributed by atoms with Crippen LogP contribution in [0.1, 0.15) is 29.8 Å². The van der Waals surface area contributed by atoms with Crippen molar-refractivity contribution in [2.24, 2.45) is 5.73 Å². The van der Waals surface area contributed by atoms with E-state index in [4.69, 9.17) is 15.7 Å². The van der Waals surface area contributed by atoms with E-state index in [9.17, 15) is 4.39 Å². The highest BCUT2D eigenvalue weighted by Crippen LogP contribution is 2.21. The Morgan fingerprint density at radius 3 is 2.90 bits per heavy atom. The smallest absolute Gasteiger partial charge is 0.147 e. The van der Waals surface area contributed by atoms with Gasteiger partial charge in [0, 0.05) is 29.4 Å². The van der Waals surface area contributed by atoms with Crippen LogP contribution in [0.25, 0.3) is 0 Å². The first-order valence-electron chi connectivity index (χ1n) is 6.13. The van der Waals surface area contributed by atoms with E-state index >= 15 is 0 Å². The fourth-order valence-corrected chi connectivity index (χ4v) is 1.78. The van der Waals surface area contributed by atoms with Crippen molar-refractivity contribution in [1.29, 1.82) is 5.26 Å². The van der Waals surface area contributed by atoms with Gasteiger partial charge in [0.2, 0.25) is 0 Å². The molecule has 2 rings (SSSR count). The molecule has 2 N–H and O–H groups in total. The van der Waals surface area contributed by atoms with Gasteiger partial charge in [-0.1, -0.05) is 12.1 Å². The molecule has 1 atom stereocenters. The Morgan fingerprint density at radius 1 is 1.45 bits per heavy atom. The summed E-state index contributed by atoms with van der Waals surface area (Å²) in [4.78, 5) is 3.93. The Balaban J connectivity index is 2.12. The number of rotatable bonds is 4. The van der Waals surface area contributed by atoms with Gasteiger partial charge >= 0.3 is 0 Å². The topological polar surface area (TPSA) is 71.9 Å². The molecule has 0 aliphatic carbocycles. The number of hydrogen-bond acceptors (Lipinski definition) is 4. The lowest BCUT2D eigenvalue weighted by atomic mass is 10.1. The highest BCUT2D eigenvalue weighted by Gasteiger charge is 2.09. The van der Waals surface area contributed by atoms with Gasteiger partial charge in [0.15, 0.2) is 0 Å². The van der Waals surface area contributed by atoms with E-state index in [0.717, 1.165) is 0 Å². The summed E-state index contributed by atoms with van der Waals surface area (Å²) >= 11 is 0. The van der Waals surface area contributed by atoms with Crippen molar-refractivity contribution in [2.45, 2.75) is 19.6 Å². The van der Waals surface area contributed by atoms with Crippen LogP contribution < -0.4 is 10.5 Å². The zero-order chi connectivity index (χ0) is 14.5. The van der Waals surface area contributed by atoms with E-state index in [-0.39, 0.29) is 12.6 Å². The molecule has 0 aliphatic heterocycles. The highest BCUT2D eigenvalue weighted by atomic mass is 19.1. The van der Waals surface area contributed by atoms with Gasteiger partial charge in [-0.05, 0) is 19.1 Å². The van der Waals surface area contributed by atoms with Crippen molar-refractivity contribution in [1.82, 2.24) is 4.98 Å². The number of ether oxygens (including phenoxy) is 1. The molecule has 0 saturated heterocycles. The first-order valence-corrected chi connectivity index (χ1v) is 6.13. The molecule has 1 heterocycles. The molecule has 1 aromatic carbocycles. The number of nitrogens with zero attached hydrogens (tertiary/aromatic N) is 2. The van der Waals surface area contributed by atoms with Gasteiger partial charge < -0.3 is 10.5 Å². The Labute approximate surface area is 116 Å². The monoisotopic (exact) mass is 271 g/mol. The third-order valence-electron chi connectivity index (χ3n) is 2.85. The molecule has 0 spiro atoms. The third-order valence-corrected chi connectivity index (χ3v) is 2.85. The van der Waals surface area contributed by atoms with E-state index in [0.29, 0.717) is 22.6 Å². The maximum Gasteiger partial charge on any atom is 0.147 e. The first kappa shape index (κ1) is 14.0. The molecule has 2 aromatic rings. The molecule has 0 bridgehead atoms. The van der Waals surface area contributed by atoms with Crippen LogP contribution in [0.4, 0.5) is 4.39 Å². The van der Waals surface area contributed by atoms with Crippen LogP contribution in [0, 0.1) is 17.1 Å². The van der Waals surface area contributed by atoms with Gasteiger partial charge in [0.25, 0.3) is 0 Å². The molecule has 20 heavy (non-hydrogen) atoms. The molecule has 1 aromatic heterocycles. The van der Waals surface area contributed by atoms with E-state index < -0.39 is 5.82 Å². The normalized spacial score (nSPS) is 11.7. The molecular formula is C15H14FN3O. The van der Waals surface area contributed by atoms with Crippen LogP contribution in [-0.4, -0.2) is 4.98 Å². The van der Waals surface area contributed by atoms with Gasteiger partial charge in [0.1, 0.15) is 29.9 Å². The van der Waals surface area contributed by atoms with Crippen molar-refractivity contribution >= 4 is 0 Å². The van der Waals surface area contributed by atoms with Crippen molar-refractivity contribution in [3.05, 3.63) is 59.2 Å². The molecule has 0 aliphatic rings. The van der Waals surface area contributed by atoms with E-state index in [1.807, 2.05) is 6.07 Å². The summed E-state index contributed by atoms with van der Waals surface area (Å²) in [7, 11) is 0. The number of pyridine rings is 1. The first-order chi connectivity index (χ1) is 9.61. The predicted octanol–water partition coefficient (Wildman–Crippen LogP) is 2.69. The molecule has 0 saturated carbocycles. The minimum absolute atomic E-state index is 0.160. The Hall–Kier alpha value is -2.45. The summed E-state index contributed by atoms with van der Waals surface area (Å²) in [5, 5.41) is 8.92. The zero-order valence-electron chi connectivity index (χ0n) is 11.0. The number of nitrogens with two attached hydrogens (primary N) is 1. The van der Waals surface area contributed by atoms with Crippen LogP contribution in [0.15, 0.2) is 36.5 Å². The maximum atomic E-state index is 13.7. The molecular weight excluding hydrogens is 257 g/mol. The minimum atomic E-state index is -0.399. The number of hydrogen-bond donors (Lipinski definition) is 1. The average Bonchev–Trinajstić information content (AvgIpc) is 2.45. The Bertz CT molecular complexity index is 650. The fourth-order valence-electron chi connectivity index (χ4n) is 1.78. The molecule has 0 amide bonds. The minimum Gasteiger partial charge on any atom is -0.489 e. The van der Waals surface area contributed by atoms with Crippen LogP contribution in [-0.2, 0) is 6.61 Å². The van der Waals surface area contributed by atoms with Crippen LogP contribution in [0.3, 0.4) is 0 Å². The van der Waals surface area contributed by atoms with E-state index in [1.165, 1.54) is 6.07 Å². The molecule has 1 unspecified atom stereocenters. The number of halogens is 1. The maximum absolute atomic E-state index is 13.7. The van der Waals surface area contributed by atoms with E-state index in [2.05, 4.69) is 4.98 Å². The van der Waals surface area contributed by atoms with Crippen LogP contribution in [0.5, 0.6) is 5.75 Å². The number of benzene rings is 1. The lowest BCUT2D eigenvalue weighted by Crippen LogP contribution is -2.07. The van der Waals surface area contributed by atoms with Crippen molar-refractivity contribution < 1.29 is 9.13 Å². The predicted molar refractivity (Wildman–Crippen MR) is 72.3 cm³/mol. The zero-order valence-corrected chi connectivity index (χ0v) is 11.0. The summed E-state index contributed by atoms with van der Waals surface area (Å²) in [6.45, 7) is 1.88. The summed E-state index contributed by atoms with van der Waals surface area (Å²) in [5.41, 5.74) is 7.05. The lowest BCUT2D eigenvalue weighted by Gasteiger charge is -2.10. The second-order valence-corrected chi connectivity index (χ2v) is 4.38. The summed E-state index contributed by atoms with van der Waals surface area (Å²) < 4.78 is 19.2. The lowest BCUT2D eigenvalue weighted by molar-refractivity contribution is 0.303. The van der Waals surface area contributed by atoms with Gasteiger partial charge in [-0.15, -0.1) is 0 Å². The fraction of sp³-hybridized carbons (Fsp3) is 0.200. The molecule has 4 nitrogen and oxygen atoms in total. The average molecular weight is 271 g/mol. The Morgan fingerprint density at radius 2 is 2.25 bits per heavy atom. The van der Waals surface area contributed by atoms with Crippen molar-refractivity contribution in [3.63, 3.8) is 0 Å². The SMILES string of the molecule is CC(N)c1ccc(OCc2cccnc2C#N)cc1F. The second kappa shape index (κ2) is 6.13. The van der Waals surface area contributed by atoms with Crippen LogP contribution >= 0.6 is 0 Å².